The second kappa shape index (κ2) is 16.1. The molecule has 1 heterocycles. The smallest absolute Gasteiger partial charge is 0.383 e. The molecular weight excluding hydrogens is 477 g/mol. The molecule has 0 aliphatic carbocycles. The van der Waals surface area contributed by atoms with Crippen molar-refractivity contribution >= 4 is 23.1 Å². The normalized spacial score (nSPS) is 17.6. The van der Waals surface area contributed by atoms with E-state index < -0.39 is 17.9 Å². The summed E-state index contributed by atoms with van der Waals surface area (Å²) >= 11 is 5.89. The lowest BCUT2D eigenvalue weighted by Gasteiger charge is -2.32. The van der Waals surface area contributed by atoms with Gasteiger partial charge in [0.2, 0.25) is 0 Å². The van der Waals surface area contributed by atoms with E-state index in [1.807, 2.05) is 36.4 Å². The number of alkyl halides is 4. The minimum atomic E-state index is -4.50. The molecule has 0 fully saturated rings. The maximum Gasteiger partial charge on any atom is 0.433 e. The molecule has 35 heavy (non-hydrogen) atoms. The van der Waals surface area contributed by atoms with E-state index in [9.17, 15) is 13.2 Å². The van der Waals surface area contributed by atoms with Crippen LogP contribution in [0.4, 0.5) is 13.2 Å². The zero-order chi connectivity index (χ0) is 26.3. The van der Waals surface area contributed by atoms with Crippen molar-refractivity contribution < 1.29 is 13.2 Å². The average Bonchev–Trinajstić information content (AvgIpc) is 3.05. The monoisotopic (exact) mass is 514 g/mol. The van der Waals surface area contributed by atoms with E-state index in [-0.39, 0.29) is 5.92 Å². The number of hydrazone groups is 1. The zero-order valence-electron chi connectivity index (χ0n) is 21.2. The molecule has 0 spiro atoms. The molecule has 0 saturated carbocycles. The molecule has 1 aliphatic rings. The minimum Gasteiger partial charge on any atom is -0.383 e. The molecule has 0 aromatic rings. The van der Waals surface area contributed by atoms with Gasteiger partial charge < -0.3 is 21.0 Å². The van der Waals surface area contributed by atoms with Crippen LogP contribution in [0.5, 0.6) is 0 Å². The molecule has 6 nitrogen and oxygen atoms in total. The number of rotatable bonds is 13. The summed E-state index contributed by atoms with van der Waals surface area (Å²) in [6.07, 6.45) is 10.0. The van der Waals surface area contributed by atoms with Crippen molar-refractivity contribution in [3.05, 3.63) is 60.3 Å². The van der Waals surface area contributed by atoms with Crippen molar-refractivity contribution in [3.63, 3.8) is 0 Å². The highest BCUT2D eigenvalue weighted by Gasteiger charge is 2.34. The summed E-state index contributed by atoms with van der Waals surface area (Å²) in [5, 5.41) is 11.0. The summed E-state index contributed by atoms with van der Waals surface area (Å²) in [4.78, 5) is 5.57. The Morgan fingerprint density at radius 1 is 1.31 bits per heavy atom. The van der Waals surface area contributed by atoms with Gasteiger partial charge >= 0.3 is 6.18 Å². The summed E-state index contributed by atoms with van der Waals surface area (Å²) in [6, 6.07) is -0.415. The van der Waals surface area contributed by atoms with Crippen LogP contribution in [0.1, 0.15) is 40.5 Å². The summed E-state index contributed by atoms with van der Waals surface area (Å²) in [5.41, 5.74) is 3.80. The molecule has 0 bridgehead atoms. The molecule has 0 radical (unpaired) electrons. The fourth-order valence-corrected chi connectivity index (χ4v) is 3.46. The van der Waals surface area contributed by atoms with Crippen LogP contribution >= 0.6 is 11.6 Å². The van der Waals surface area contributed by atoms with Crippen molar-refractivity contribution in [3.8, 4) is 0 Å². The van der Waals surface area contributed by atoms with Crippen molar-refractivity contribution in [1.29, 1.82) is 0 Å². The molecule has 0 aromatic heterocycles. The maximum atomic E-state index is 13.1. The van der Waals surface area contributed by atoms with Crippen LogP contribution in [-0.2, 0) is 0 Å². The largest absolute Gasteiger partial charge is 0.433 e. The van der Waals surface area contributed by atoms with Gasteiger partial charge in [0.15, 0.2) is 0 Å². The van der Waals surface area contributed by atoms with Gasteiger partial charge in [0.05, 0.1) is 11.7 Å². The predicted molar refractivity (Wildman–Crippen MR) is 141 cm³/mol. The van der Waals surface area contributed by atoms with Crippen molar-refractivity contribution in [2.75, 3.05) is 26.0 Å². The second-order valence-electron chi connectivity index (χ2n) is 8.25. The van der Waals surface area contributed by atoms with Gasteiger partial charge in [-0.25, -0.2) is 0 Å². The topological polar surface area (TPSA) is 64.1 Å². The lowest BCUT2D eigenvalue weighted by molar-refractivity contribution is -0.0576. The molecule has 1 atom stereocenters. The molecule has 196 valence electrons. The molecule has 0 saturated heterocycles. The van der Waals surface area contributed by atoms with E-state index in [0.717, 1.165) is 29.6 Å². The highest BCUT2D eigenvalue weighted by atomic mass is 35.5. The number of aliphatic imine (C=N–C) groups is 1. The van der Waals surface area contributed by atoms with E-state index >= 15 is 0 Å². The van der Waals surface area contributed by atoms with Gasteiger partial charge in [-0.1, -0.05) is 39.0 Å². The fourth-order valence-electron chi connectivity index (χ4n) is 3.23. The third-order valence-corrected chi connectivity index (χ3v) is 5.04. The van der Waals surface area contributed by atoms with Crippen LogP contribution in [0.15, 0.2) is 70.3 Å². The summed E-state index contributed by atoms with van der Waals surface area (Å²) in [6.45, 7) is 9.30. The molecule has 1 rings (SSSR count). The van der Waals surface area contributed by atoms with Crippen LogP contribution in [0.25, 0.3) is 0 Å². The highest BCUT2D eigenvalue weighted by Crippen LogP contribution is 2.21. The third-order valence-electron chi connectivity index (χ3n) is 4.88. The number of halogens is 4. The van der Waals surface area contributed by atoms with E-state index in [1.54, 1.807) is 13.1 Å². The van der Waals surface area contributed by atoms with Gasteiger partial charge in [-0.05, 0) is 43.2 Å². The maximum absolute atomic E-state index is 13.1. The number of nitrogens with one attached hydrogen (secondary N) is 3. The summed E-state index contributed by atoms with van der Waals surface area (Å²) < 4.78 is 39.4. The Morgan fingerprint density at radius 2 is 2.06 bits per heavy atom. The van der Waals surface area contributed by atoms with Gasteiger partial charge in [-0.3, -0.25) is 4.99 Å². The van der Waals surface area contributed by atoms with Crippen LogP contribution in [0.2, 0.25) is 0 Å². The van der Waals surface area contributed by atoms with E-state index in [0.29, 0.717) is 25.4 Å². The first kappa shape index (κ1) is 30.4. The van der Waals surface area contributed by atoms with Gasteiger partial charge in [-0.2, -0.15) is 18.3 Å². The fraction of sp³-hybridized carbons (Fsp3) is 0.520. The van der Waals surface area contributed by atoms with Crippen molar-refractivity contribution in [2.45, 2.75) is 52.8 Å². The first-order valence-corrected chi connectivity index (χ1v) is 12.2. The Balaban J connectivity index is 3.07. The SMILES string of the molecule is CC/C=C/N/C=C(NCCC(=NNC)N(CC(C)C)C1C=CN=C(C(F)(F)F)C=C1)\C(C)=C\CCl. The Kier molecular flexibility index (Phi) is 13.9. The molecular formula is C25H38ClF3N6. The van der Waals surface area contributed by atoms with Crippen LogP contribution < -0.4 is 16.1 Å². The third kappa shape index (κ3) is 11.5. The van der Waals surface area contributed by atoms with Gasteiger partial charge in [-0.15, -0.1) is 11.6 Å². The molecule has 0 aromatic carbocycles. The Labute approximate surface area is 212 Å². The molecule has 0 amide bonds. The van der Waals surface area contributed by atoms with E-state index in [1.165, 1.54) is 12.3 Å². The van der Waals surface area contributed by atoms with Crippen LogP contribution in [0.3, 0.4) is 0 Å². The van der Waals surface area contributed by atoms with Crippen molar-refractivity contribution in [2.24, 2.45) is 16.0 Å². The van der Waals surface area contributed by atoms with Gasteiger partial charge in [0.25, 0.3) is 0 Å². The van der Waals surface area contributed by atoms with Crippen molar-refractivity contribution in [1.82, 2.24) is 21.0 Å². The van der Waals surface area contributed by atoms with E-state index in [2.05, 4.69) is 46.9 Å². The summed E-state index contributed by atoms with van der Waals surface area (Å²) in [5.74, 6) is 1.38. The lowest BCUT2D eigenvalue weighted by Crippen LogP contribution is -2.42. The first-order chi connectivity index (χ1) is 16.6. The number of amidine groups is 1. The average molecular weight is 515 g/mol. The molecule has 1 aliphatic heterocycles. The Bertz CT molecular complexity index is 854. The second-order valence-corrected chi connectivity index (χ2v) is 8.56. The Morgan fingerprint density at radius 3 is 2.66 bits per heavy atom. The standard InChI is InChI=1S/C25H38ClF3N6/c1-6-7-14-31-17-22(20(4)10-13-26)32-16-12-24(34-30-5)35(18-19(2)3)21-8-9-23(25(27,28)29)33-15-11-21/h7-11,14-15,17,19,21,30-32H,6,12-13,16,18H2,1-5H3/b14-7+,20-10+,22-17+,34-24?. The lowest BCUT2D eigenvalue weighted by atomic mass is 10.1. The minimum absolute atomic E-state index is 0.261. The summed E-state index contributed by atoms with van der Waals surface area (Å²) in [7, 11) is 1.70. The van der Waals surface area contributed by atoms with Crippen LogP contribution in [-0.4, -0.2) is 54.7 Å². The molecule has 1 unspecified atom stereocenters. The first-order valence-electron chi connectivity index (χ1n) is 11.7. The highest BCUT2D eigenvalue weighted by molar-refractivity contribution is 6.19. The number of hydrogen-bond donors (Lipinski definition) is 3. The zero-order valence-corrected chi connectivity index (χ0v) is 21.9. The predicted octanol–water partition coefficient (Wildman–Crippen LogP) is 5.45. The molecule has 10 heteroatoms. The van der Waals surface area contributed by atoms with Gasteiger partial charge in [0, 0.05) is 44.8 Å². The quantitative estimate of drug-likeness (QED) is 0.100. The number of allylic oxidation sites excluding steroid dienone is 4. The number of hydrogen-bond acceptors (Lipinski definition) is 5. The van der Waals surface area contributed by atoms with E-state index in [4.69, 9.17) is 11.6 Å². The Hall–Kier alpha value is -2.68. The van der Waals surface area contributed by atoms with Gasteiger partial charge in [0.1, 0.15) is 11.5 Å². The van der Waals surface area contributed by atoms with Crippen LogP contribution in [0, 0.1) is 5.92 Å². The molecule has 3 N–H and O–H groups in total. The number of nitrogens with zero attached hydrogens (tertiary/aromatic N) is 3.